The Hall–Kier alpha value is -0.840. The maximum Gasteiger partial charge on any atom is 0.187 e. The number of rotatable bonds is 10. The first-order chi connectivity index (χ1) is 14.6. The Kier molecular flexibility index (Phi) is 10.6. The van der Waals surface area contributed by atoms with Crippen molar-refractivity contribution in [1.29, 1.82) is 0 Å². The third-order valence-corrected chi connectivity index (χ3v) is 6.21. The Morgan fingerprint density at radius 1 is 0.839 bits per heavy atom. The molecule has 31 heavy (non-hydrogen) atoms. The molecule has 0 saturated carbocycles. The summed E-state index contributed by atoms with van der Waals surface area (Å²) in [5.41, 5.74) is 2.44. The standard InChI is InChI=1S/C23H40O8/c1-13(2)7-6-8-14(3)9-10-28-23-21(27)20(26)19(25)18(31-23)12-29-22-16(5)15(4)17(11-24)30-22/h7,9,15-27H,6,8,10-12H2,1-5H3/b14-9+/t15-,16-,17+,18-,19-,20+,21-,22-,23-/m1/s1. The fourth-order valence-corrected chi connectivity index (χ4v) is 3.76. The van der Waals surface area contributed by atoms with Crippen molar-refractivity contribution in [1.82, 2.24) is 0 Å². The van der Waals surface area contributed by atoms with Crippen LogP contribution in [0.1, 0.15) is 47.5 Å². The van der Waals surface area contributed by atoms with E-state index in [1.807, 2.05) is 26.8 Å². The van der Waals surface area contributed by atoms with Gasteiger partial charge in [0, 0.05) is 5.92 Å². The zero-order valence-electron chi connectivity index (χ0n) is 19.3. The normalized spacial score (nSPS) is 39.0. The number of ether oxygens (including phenoxy) is 4. The number of aliphatic hydroxyl groups is 4. The van der Waals surface area contributed by atoms with Crippen molar-refractivity contribution in [2.75, 3.05) is 19.8 Å². The summed E-state index contributed by atoms with van der Waals surface area (Å²) in [7, 11) is 0. The van der Waals surface area contributed by atoms with Gasteiger partial charge in [0.2, 0.25) is 0 Å². The predicted molar refractivity (Wildman–Crippen MR) is 115 cm³/mol. The van der Waals surface area contributed by atoms with E-state index >= 15 is 0 Å². The maximum atomic E-state index is 10.3. The van der Waals surface area contributed by atoms with Gasteiger partial charge >= 0.3 is 0 Å². The molecule has 0 radical (unpaired) electrons. The van der Waals surface area contributed by atoms with Crippen LogP contribution in [0.25, 0.3) is 0 Å². The van der Waals surface area contributed by atoms with E-state index in [9.17, 15) is 20.4 Å². The summed E-state index contributed by atoms with van der Waals surface area (Å²) in [6.45, 7) is 10.2. The fraction of sp³-hybridized carbons (Fsp3) is 0.826. The van der Waals surface area contributed by atoms with Crippen LogP contribution in [0.15, 0.2) is 23.3 Å². The molecule has 0 unspecified atom stereocenters. The lowest BCUT2D eigenvalue weighted by molar-refractivity contribution is -0.307. The molecule has 2 fully saturated rings. The molecule has 0 spiro atoms. The molecule has 2 saturated heterocycles. The van der Waals surface area contributed by atoms with Gasteiger partial charge in [0.15, 0.2) is 12.6 Å². The van der Waals surface area contributed by atoms with Crippen molar-refractivity contribution in [3.8, 4) is 0 Å². The zero-order chi connectivity index (χ0) is 23.1. The third kappa shape index (κ3) is 7.33. The lowest BCUT2D eigenvalue weighted by atomic mass is 9.94. The molecule has 8 nitrogen and oxygen atoms in total. The summed E-state index contributed by atoms with van der Waals surface area (Å²) in [6, 6.07) is 0. The molecule has 0 aromatic heterocycles. The van der Waals surface area contributed by atoms with Gasteiger partial charge in [0.1, 0.15) is 24.4 Å². The monoisotopic (exact) mass is 444 g/mol. The van der Waals surface area contributed by atoms with Crippen molar-refractivity contribution >= 4 is 0 Å². The minimum Gasteiger partial charge on any atom is -0.394 e. The highest BCUT2D eigenvalue weighted by molar-refractivity contribution is 5.02. The summed E-state index contributed by atoms with van der Waals surface area (Å²) in [5, 5.41) is 40.2. The maximum absolute atomic E-state index is 10.3. The Labute approximate surface area is 185 Å². The van der Waals surface area contributed by atoms with Crippen LogP contribution in [-0.2, 0) is 18.9 Å². The number of hydrogen-bond donors (Lipinski definition) is 4. The predicted octanol–water partition coefficient (Wildman–Crippen LogP) is 1.51. The van der Waals surface area contributed by atoms with Crippen LogP contribution in [0.2, 0.25) is 0 Å². The molecule has 180 valence electrons. The van der Waals surface area contributed by atoms with Gasteiger partial charge in [-0.05, 0) is 39.5 Å². The van der Waals surface area contributed by atoms with E-state index in [4.69, 9.17) is 18.9 Å². The number of allylic oxidation sites excluding steroid dienone is 3. The van der Waals surface area contributed by atoms with Crippen LogP contribution in [0.3, 0.4) is 0 Å². The second-order valence-corrected chi connectivity index (χ2v) is 9.00. The van der Waals surface area contributed by atoms with E-state index in [2.05, 4.69) is 19.9 Å². The Bertz CT molecular complexity index is 602. The molecular formula is C23H40O8. The third-order valence-electron chi connectivity index (χ3n) is 6.21. The summed E-state index contributed by atoms with van der Waals surface area (Å²) < 4.78 is 22.8. The molecule has 0 amide bonds. The lowest BCUT2D eigenvalue weighted by Gasteiger charge is -2.40. The second-order valence-electron chi connectivity index (χ2n) is 9.00. The van der Waals surface area contributed by atoms with E-state index in [0.29, 0.717) is 0 Å². The number of aliphatic hydroxyl groups excluding tert-OH is 4. The quantitative estimate of drug-likeness (QED) is 0.375. The molecule has 8 heteroatoms. The average molecular weight is 445 g/mol. The topological polar surface area (TPSA) is 118 Å². The van der Waals surface area contributed by atoms with E-state index in [1.54, 1.807) is 0 Å². The highest BCUT2D eigenvalue weighted by atomic mass is 16.7. The van der Waals surface area contributed by atoms with Crippen LogP contribution >= 0.6 is 0 Å². The molecule has 2 aliphatic rings. The van der Waals surface area contributed by atoms with Crippen molar-refractivity contribution in [2.24, 2.45) is 11.8 Å². The molecule has 0 aromatic carbocycles. The highest BCUT2D eigenvalue weighted by Crippen LogP contribution is 2.33. The fourth-order valence-electron chi connectivity index (χ4n) is 3.76. The Morgan fingerprint density at radius 3 is 2.13 bits per heavy atom. The van der Waals surface area contributed by atoms with Crippen molar-refractivity contribution in [3.63, 3.8) is 0 Å². The first kappa shape index (κ1) is 26.4. The first-order valence-corrected chi connectivity index (χ1v) is 11.1. The van der Waals surface area contributed by atoms with E-state index in [-0.39, 0.29) is 37.8 Å². The van der Waals surface area contributed by atoms with Crippen molar-refractivity contribution in [2.45, 2.75) is 90.6 Å². The molecule has 0 bridgehead atoms. The summed E-state index contributed by atoms with van der Waals surface area (Å²) >= 11 is 0. The SMILES string of the molecule is CC(C)=CCC/C(C)=C/CO[C@@H]1O[C@H](CO[C@@H]2O[C@@H](CO)[C@H](C)[C@H]2C)[C@@H](O)[C@H](O)[C@H]1O. The van der Waals surface area contributed by atoms with Crippen LogP contribution in [-0.4, -0.2) is 83.3 Å². The Morgan fingerprint density at radius 2 is 1.52 bits per heavy atom. The zero-order valence-corrected chi connectivity index (χ0v) is 19.3. The van der Waals surface area contributed by atoms with Crippen molar-refractivity contribution < 1.29 is 39.4 Å². The number of hydrogen-bond acceptors (Lipinski definition) is 8. The molecule has 4 N–H and O–H groups in total. The van der Waals surface area contributed by atoms with Crippen LogP contribution in [0, 0.1) is 11.8 Å². The van der Waals surface area contributed by atoms with Gasteiger partial charge < -0.3 is 39.4 Å². The van der Waals surface area contributed by atoms with Gasteiger partial charge in [0.25, 0.3) is 0 Å². The minimum absolute atomic E-state index is 0.0394. The Balaban J connectivity index is 1.86. The van der Waals surface area contributed by atoms with Crippen LogP contribution in [0.5, 0.6) is 0 Å². The van der Waals surface area contributed by atoms with Gasteiger partial charge in [-0.15, -0.1) is 0 Å². The summed E-state index contributed by atoms with van der Waals surface area (Å²) in [6.07, 6.45) is -0.959. The first-order valence-electron chi connectivity index (χ1n) is 11.1. The van der Waals surface area contributed by atoms with Gasteiger partial charge in [-0.2, -0.15) is 0 Å². The molecule has 2 rings (SSSR count). The summed E-state index contributed by atoms with van der Waals surface area (Å²) in [4.78, 5) is 0. The van der Waals surface area contributed by atoms with E-state index < -0.39 is 37.0 Å². The van der Waals surface area contributed by atoms with Gasteiger partial charge in [-0.3, -0.25) is 0 Å². The van der Waals surface area contributed by atoms with Gasteiger partial charge in [-0.25, -0.2) is 0 Å². The van der Waals surface area contributed by atoms with E-state index in [1.165, 1.54) is 5.57 Å². The molecule has 2 heterocycles. The smallest absolute Gasteiger partial charge is 0.187 e. The van der Waals surface area contributed by atoms with E-state index in [0.717, 1.165) is 18.4 Å². The second kappa shape index (κ2) is 12.4. The molecular weight excluding hydrogens is 404 g/mol. The van der Waals surface area contributed by atoms with Gasteiger partial charge in [-0.1, -0.05) is 37.1 Å². The van der Waals surface area contributed by atoms with Crippen LogP contribution in [0.4, 0.5) is 0 Å². The minimum atomic E-state index is -1.42. The van der Waals surface area contributed by atoms with Crippen molar-refractivity contribution in [3.05, 3.63) is 23.3 Å². The lowest BCUT2D eigenvalue weighted by Crippen LogP contribution is -2.59. The average Bonchev–Trinajstić information content (AvgIpc) is 3.00. The highest BCUT2D eigenvalue weighted by Gasteiger charge is 2.46. The molecule has 9 atom stereocenters. The molecule has 2 aliphatic heterocycles. The van der Waals surface area contributed by atoms with Crippen LogP contribution < -0.4 is 0 Å². The molecule has 0 aromatic rings. The molecule has 0 aliphatic carbocycles. The summed E-state index contributed by atoms with van der Waals surface area (Å²) in [5.74, 6) is 0.183. The largest absolute Gasteiger partial charge is 0.394 e. The van der Waals surface area contributed by atoms with Gasteiger partial charge in [0.05, 0.1) is 25.9 Å².